The Balaban J connectivity index is 1.78. The standard InChI is InChI=1S/C17H10BClN2O3/c1-20-11-2-5-15-13(7-11)16(8-17(19)21-15)24-12-3-4-14-10(6-12)9-23-18(14)22/h2-8,22H,9H2. The molecule has 0 unspecified atom stereocenters. The lowest BCUT2D eigenvalue weighted by molar-refractivity contribution is 0.275. The van der Waals surface area contributed by atoms with Crippen molar-refractivity contribution in [2.45, 2.75) is 6.61 Å². The summed E-state index contributed by atoms with van der Waals surface area (Å²) < 4.78 is 11.2. The zero-order chi connectivity index (χ0) is 16.7. The second-order valence-electron chi connectivity index (χ2n) is 5.38. The van der Waals surface area contributed by atoms with Gasteiger partial charge in [-0.1, -0.05) is 23.7 Å². The van der Waals surface area contributed by atoms with Gasteiger partial charge in [0, 0.05) is 11.5 Å². The van der Waals surface area contributed by atoms with Crippen LogP contribution in [0.25, 0.3) is 15.7 Å². The third-order valence-electron chi connectivity index (χ3n) is 3.86. The highest BCUT2D eigenvalue weighted by molar-refractivity contribution is 6.61. The number of pyridine rings is 1. The van der Waals surface area contributed by atoms with Crippen LogP contribution in [0.2, 0.25) is 5.15 Å². The number of nitrogens with zero attached hydrogens (tertiary/aromatic N) is 2. The molecule has 0 amide bonds. The minimum atomic E-state index is -0.883. The van der Waals surface area contributed by atoms with Crippen molar-refractivity contribution >= 4 is 40.8 Å². The second kappa shape index (κ2) is 5.80. The summed E-state index contributed by atoms with van der Waals surface area (Å²) in [6.07, 6.45) is 0. The van der Waals surface area contributed by atoms with Crippen molar-refractivity contribution in [3.8, 4) is 11.5 Å². The number of ether oxygens (including phenoxy) is 1. The summed E-state index contributed by atoms with van der Waals surface area (Å²) in [5.74, 6) is 1.12. The molecule has 116 valence electrons. The maximum absolute atomic E-state index is 9.68. The average Bonchev–Trinajstić information content (AvgIpc) is 2.95. The van der Waals surface area contributed by atoms with Gasteiger partial charge in [-0.3, -0.25) is 0 Å². The van der Waals surface area contributed by atoms with Gasteiger partial charge in [-0.15, -0.1) is 0 Å². The minimum absolute atomic E-state index is 0.313. The van der Waals surface area contributed by atoms with Crippen molar-refractivity contribution in [1.82, 2.24) is 4.98 Å². The zero-order valence-electron chi connectivity index (χ0n) is 12.4. The van der Waals surface area contributed by atoms with E-state index in [0.717, 1.165) is 11.0 Å². The number of fused-ring (bicyclic) bond motifs is 2. The van der Waals surface area contributed by atoms with Crippen molar-refractivity contribution in [2.24, 2.45) is 0 Å². The largest absolute Gasteiger partial charge is 0.491 e. The smallest absolute Gasteiger partial charge is 0.457 e. The topological polar surface area (TPSA) is 55.9 Å². The molecule has 0 saturated carbocycles. The van der Waals surface area contributed by atoms with Gasteiger partial charge >= 0.3 is 7.12 Å². The van der Waals surface area contributed by atoms with Gasteiger partial charge in [0.2, 0.25) is 0 Å². The molecule has 7 heteroatoms. The molecule has 0 radical (unpaired) electrons. The number of benzene rings is 2. The van der Waals surface area contributed by atoms with Crippen LogP contribution in [0, 0.1) is 6.57 Å². The van der Waals surface area contributed by atoms with Crippen LogP contribution >= 0.6 is 11.6 Å². The van der Waals surface area contributed by atoms with Crippen LogP contribution in [0.15, 0.2) is 42.5 Å². The van der Waals surface area contributed by atoms with Crippen molar-refractivity contribution in [3.05, 3.63) is 64.6 Å². The summed E-state index contributed by atoms with van der Waals surface area (Å²) in [5.41, 5.74) is 2.79. The molecular weight excluding hydrogens is 326 g/mol. The monoisotopic (exact) mass is 336 g/mol. The SMILES string of the molecule is [C-]#[N+]c1ccc2nc(Cl)cc(Oc3ccc4c(c3)COB4O)c2c1. The van der Waals surface area contributed by atoms with Crippen molar-refractivity contribution in [3.63, 3.8) is 0 Å². The predicted octanol–water partition coefficient (Wildman–Crippen LogP) is 3.45. The van der Waals surface area contributed by atoms with Crippen molar-refractivity contribution in [1.29, 1.82) is 0 Å². The Morgan fingerprint density at radius 1 is 1.25 bits per heavy atom. The van der Waals surface area contributed by atoms with E-state index in [9.17, 15) is 5.02 Å². The fourth-order valence-electron chi connectivity index (χ4n) is 2.70. The summed E-state index contributed by atoms with van der Waals surface area (Å²) >= 11 is 6.07. The lowest BCUT2D eigenvalue weighted by Crippen LogP contribution is -2.27. The second-order valence-corrected chi connectivity index (χ2v) is 5.77. The lowest BCUT2D eigenvalue weighted by atomic mass is 9.80. The summed E-state index contributed by atoms with van der Waals surface area (Å²) in [5, 5.41) is 10.7. The number of hydrogen-bond donors (Lipinski definition) is 1. The van der Waals surface area contributed by atoms with E-state index in [1.54, 1.807) is 36.4 Å². The molecule has 2 heterocycles. The minimum Gasteiger partial charge on any atom is -0.457 e. The molecule has 24 heavy (non-hydrogen) atoms. The van der Waals surface area contributed by atoms with E-state index < -0.39 is 7.12 Å². The molecule has 1 aliphatic rings. The first-order valence-electron chi connectivity index (χ1n) is 7.22. The molecule has 5 nitrogen and oxygen atoms in total. The first kappa shape index (κ1) is 15.0. The van der Waals surface area contributed by atoms with Gasteiger partial charge in [-0.25, -0.2) is 9.83 Å². The summed E-state index contributed by atoms with van der Waals surface area (Å²) in [4.78, 5) is 7.69. The summed E-state index contributed by atoms with van der Waals surface area (Å²) in [6, 6.07) is 12.1. The van der Waals surface area contributed by atoms with Crippen LogP contribution < -0.4 is 10.2 Å². The number of halogens is 1. The molecule has 2 aromatic carbocycles. The van der Waals surface area contributed by atoms with E-state index in [4.69, 9.17) is 27.6 Å². The molecule has 0 bridgehead atoms. The highest BCUT2D eigenvalue weighted by Crippen LogP contribution is 2.34. The number of aromatic nitrogens is 1. The van der Waals surface area contributed by atoms with Gasteiger partial charge in [0.15, 0.2) is 5.69 Å². The molecular formula is C17H10BClN2O3. The van der Waals surface area contributed by atoms with Gasteiger partial charge in [-0.2, -0.15) is 0 Å². The molecule has 0 saturated heterocycles. The lowest BCUT2D eigenvalue weighted by Gasteiger charge is -2.11. The fraction of sp³-hybridized carbons (Fsp3) is 0.0588. The Labute approximate surface area is 143 Å². The summed E-state index contributed by atoms with van der Waals surface area (Å²) in [7, 11) is -0.883. The molecule has 4 rings (SSSR count). The van der Waals surface area contributed by atoms with Crippen molar-refractivity contribution < 1.29 is 14.4 Å². The number of hydrogen-bond acceptors (Lipinski definition) is 4. The highest BCUT2D eigenvalue weighted by Gasteiger charge is 2.27. The molecule has 1 aromatic heterocycles. The van der Waals surface area contributed by atoms with Crippen LogP contribution in [-0.2, 0) is 11.3 Å². The maximum Gasteiger partial charge on any atom is 0.491 e. The van der Waals surface area contributed by atoms with Gasteiger partial charge in [0.05, 0.1) is 18.7 Å². The quantitative estimate of drug-likeness (QED) is 0.442. The Bertz CT molecular complexity index is 1000. The Hall–Kier alpha value is -2.59. The van der Waals surface area contributed by atoms with Crippen molar-refractivity contribution in [2.75, 3.05) is 0 Å². The predicted molar refractivity (Wildman–Crippen MR) is 91.9 cm³/mol. The first-order chi connectivity index (χ1) is 11.6. The molecule has 0 atom stereocenters. The molecule has 0 fully saturated rings. The van der Waals surface area contributed by atoms with E-state index in [-0.39, 0.29) is 0 Å². The van der Waals surface area contributed by atoms with Crippen LogP contribution in [0.1, 0.15) is 5.56 Å². The molecule has 3 aromatic rings. The first-order valence-corrected chi connectivity index (χ1v) is 7.60. The molecule has 0 spiro atoms. The van der Waals surface area contributed by atoms with Crippen LogP contribution in [-0.4, -0.2) is 17.1 Å². The van der Waals surface area contributed by atoms with Crippen LogP contribution in [0.5, 0.6) is 11.5 Å². The number of rotatable bonds is 2. The fourth-order valence-corrected chi connectivity index (χ4v) is 2.89. The van der Waals surface area contributed by atoms with Gasteiger partial charge < -0.3 is 14.4 Å². The van der Waals surface area contributed by atoms with Crippen LogP contribution in [0.4, 0.5) is 5.69 Å². The zero-order valence-corrected chi connectivity index (χ0v) is 13.1. The van der Waals surface area contributed by atoms with Gasteiger partial charge in [-0.05, 0) is 35.3 Å². The third kappa shape index (κ3) is 2.59. The molecule has 0 aliphatic carbocycles. The Morgan fingerprint density at radius 3 is 2.96 bits per heavy atom. The third-order valence-corrected chi connectivity index (χ3v) is 4.05. The molecule has 1 N–H and O–H groups in total. The van der Waals surface area contributed by atoms with Crippen LogP contribution in [0.3, 0.4) is 0 Å². The Kier molecular flexibility index (Phi) is 3.62. The maximum atomic E-state index is 9.68. The normalized spacial score (nSPS) is 13.0. The highest BCUT2D eigenvalue weighted by atomic mass is 35.5. The van der Waals surface area contributed by atoms with E-state index >= 15 is 0 Å². The van der Waals surface area contributed by atoms with E-state index in [2.05, 4.69) is 9.83 Å². The average molecular weight is 337 g/mol. The van der Waals surface area contributed by atoms with E-state index in [1.807, 2.05) is 6.07 Å². The summed E-state index contributed by atoms with van der Waals surface area (Å²) in [6.45, 7) is 7.50. The van der Waals surface area contributed by atoms with E-state index in [0.29, 0.717) is 39.8 Å². The Morgan fingerprint density at radius 2 is 2.12 bits per heavy atom. The van der Waals surface area contributed by atoms with Gasteiger partial charge in [0.25, 0.3) is 0 Å². The molecule has 1 aliphatic heterocycles. The van der Waals surface area contributed by atoms with Gasteiger partial charge in [0.1, 0.15) is 16.7 Å². The van der Waals surface area contributed by atoms with E-state index in [1.165, 1.54) is 0 Å².